The monoisotopic (exact) mass is 350 g/mol. The van der Waals surface area contributed by atoms with Crippen molar-refractivity contribution in [1.29, 1.82) is 0 Å². The highest BCUT2D eigenvalue weighted by Crippen LogP contribution is 2.28. The van der Waals surface area contributed by atoms with Crippen LogP contribution in [0, 0.1) is 0 Å². The second-order valence-electron chi connectivity index (χ2n) is 4.66. The second-order valence-corrected chi connectivity index (χ2v) is 5.57. The SMILES string of the molecule is COc1cccc(C(Cc2cc(Br)ccc2OC)NN)c1. The molecule has 112 valence electrons. The second kappa shape index (κ2) is 7.45. The fraction of sp³-hybridized carbons (Fsp3) is 0.250. The number of methoxy groups -OCH3 is 2. The number of ether oxygens (including phenoxy) is 2. The number of hydrazine groups is 1. The van der Waals surface area contributed by atoms with Crippen molar-refractivity contribution in [3.05, 3.63) is 58.1 Å². The minimum absolute atomic E-state index is 0.0247. The van der Waals surface area contributed by atoms with Gasteiger partial charge in [0.2, 0.25) is 0 Å². The number of hydrogen-bond acceptors (Lipinski definition) is 4. The summed E-state index contributed by atoms with van der Waals surface area (Å²) < 4.78 is 11.7. The van der Waals surface area contributed by atoms with Gasteiger partial charge in [0, 0.05) is 4.47 Å². The molecule has 0 spiro atoms. The van der Waals surface area contributed by atoms with Gasteiger partial charge in [-0.2, -0.15) is 0 Å². The van der Waals surface area contributed by atoms with Crippen LogP contribution in [0.25, 0.3) is 0 Å². The standard InChI is InChI=1S/C16H19BrN2O2/c1-20-14-5-3-4-11(9-14)15(19-18)10-12-8-13(17)6-7-16(12)21-2/h3-9,15,19H,10,18H2,1-2H3. The molecule has 0 aromatic heterocycles. The van der Waals surface area contributed by atoms with Crippen LogP contribution in [0.2, 0.25) is 0 Å². The first-order chi connectivity index (χ1) is 10.2. The summed E-state index contributed by atoms with van der Waals surface area (Å²) in [5.74, 6) is 7.39. The maximum Gasteiger partial charge on any atom is 0.122 e. The van der Waals surface area contributed by atoms with E-state index < -0.39 is 0 Å². The molecule has 21 heavy (non-hydrogen) atoms. The van der Waals surface area contributed by atoms with Crippen LogP contribution >= 0.6 is 15.9 Å². The molecular weight excluding hydrogens is 332 g/mol. The number of nitrogens with one attached hydrogen (secondary N) is 1. The normalized spacial score (nSPS) is 12.0. The highest BCUT2D eigenvalue weighted by atomic mass is 79.9. The number of hydrogen-bond donors (Lipinski definition) is 2. The molecule has 5 heteroatoms. The number of rotatable bonds is 6. The smallest absolute Gasteiger partial charge is 0.122 e. The summed E-state index contributed by atoms with van der Waals surface area (Å²) in [6.45, 7) is 0. The molecule has 0 bridgehead atoms. The summed E-state index contributed by atoms with van der Waals surface area (Å²) in [4.78, 5) is 0. The Balaban J connectivity index is 2.28. The van der Waals surface area contributed by atoms with Crippen molar-refractivity contribution < 1.29 is 9.47 Å². The van der Waals surface area contributed by atoms with Crippen LogP contribution in [0.5, 0.6) is 11.5 Å². The van der Waals surface area contributed by atoms with Crippen LogP contribution in [-0.2, 0) is 6.42 Å². The molecular formula is C16H19BrN2O2. The third kappa shape index (κ3) is 3.97. The third-order valence-electron chi connectivity index (χ3n) is 3.36. The topological polar surface area (TPSA) is 56.5 Å². The average Bonchev–Trinajstić information content (AvgIpc) is 2.52. The van der Waals surface area contributed by atoms with Gasteiger partial charge in [0.25, 0.3) is 0 Å². The molecule has 0 aliphatic carbocycles. The molecule has 2 rings (SSSR count). The molecule has 0 amide bonds. The molecule has 3 N–H and O–H groups in total. The van der Waals surface area contributed by atoms with E-state index >= 15 is 0 Å². The van der Waals surface area contributed by atoms with Crippen LogP contribution in [0.3, 0.4) is 0 Å². The van der Waals surface area contributed by atoms with E-state index in [0.29, 0.717) is 6.42 Å². The highest BCUT2D eigenvalue weighted by molar-refractivity contribution is 9.10. The van der Waals surface area contributed by atoms with E-state index in [1.165, 1.54) is 0 Å². The van der Waals surface area contributed by atoms with Crippen molar-refractivity contribution >= 4 is 15.9 Å². The van der Waals surface area contributed by atoms with Gasteiger partial charge in [0.1, 0.15) is 11.5 Å². The van der Waals surface area contributed by atoms with Crippen LogP contribution in [-0.4, -0.2) is 14.2 Å². The fourth-order valence-corrected chi connectivity index (χ4v) is 2.67. The predicted octanol–water partition coefficient (Wildman–Crippen LogP) is 3.21. The lowest BCUT2D eigenvalue weighted by atomic mass is 9.98. The van der Waals surface area contributed by atoms with E-state index in [9.17, 15) is 0 Å². The van der Waals surface area contributed by atoms with Gasteiger partial charge in [0.05, 0.1) is 20.3 Å². The summed E-state index contributed by atoms with van der Waals surface area (Å²) in [5.41, 5.74) is 5.01. The molecule has 0 radical (unpaired) electrons. The van der Waals surface area contributed by atoms with Gasteiger partial charge in [-0.3, -0.25) is 11.3 Å². The molecule has 0 saturated heterocycles. The Morgan fingerprint density at radius 3 is 2.62 bits per heavy atom. The first-order valence-corrected chi connectivity index (χ1v) is 7.39. The van der Waals surface area contributed by atoms with Gasteiger partial charge in [0.15, 0.2) is 0 Å². The van der Waals surface area contributed by atoms with E-state index in [1.807, 2.05) is 42.5 Å². The van der Waals surface area contributed by atoms with Crippen molar-refractivity contribution in [2.45, 2.75) is 12.5 Å². The number of benzene rings is 2. The van der Waals surface area contributed by atoms with Crippen molar-refractivity contribution in [3.63, 3.8) is 0 Å². The minimum atomic E-state index is -0.0247. The van der Waals surface area contributed by atoms with E-state index in [0.717, 1.165) is 27.1 Å². The molecule has 4 nitrogen and oxygen atoms in total. The van der Waals surface area contributed by atoms with Crippen LogP contribution in [0.4, 0.5) is 0 Å². The Morgan fingerprint density at radius 1 is 1.14 bits per heavy atom. The van der Waals surface area contributed by atoms with Gasteiger partial charge in [-0.15, -0.1) is 0 Å². The van der Waals surface area contributed by atoms with Gasteiger partial charge < -0.3 is 9.47 Å². The Labute approximate surface area is 133 Å². The van der Waals surface area contributed by atoms with E-state index in [1.54, 1.807) is 14.2 Å². The van der Waals surface area contributed by atoms with Crippen molar-refractivity contribution in [2.75, 3.05) is 14.2 Å². The van der Waals surface area contributed by atoms with Gasteiger partial charge >= 0.3 is 0 Å². The average molecular weight is 351 g/mol. The Kier molecular flexibility index (Phi) is 5.61. The summed E-state index contributed by atoms with van der Waals surface area (Å²) in [7, 11) is 3.32. The van der Waals surface area contributed by atoms with Gasteiger partial charge in [-0.1, -0.05) is 28.1 Å². The molecule has 2 aromatic rings. The Hall–Kier alpha value is -1.56. The lowest BCUT2D eigenvalue weighted by molar-refractivity contribution is 0.404. The van der Waals surface area contributed by atoms with Crippen molar-refractivity contribution in [1.82, 2.24) is 5.43 Å². The molecule has 2 aromatic carbocycles. The minimum Gasteiger partial charge on any atom is -0.497 e. The maximum atomic E-state index is 5.73. The maximum absolute atomic E-state index is 5.73. The molecule has 0 fully saturated rings. The van der Waals surface area contributed by atoms with E-state index in [2.05, 4.69) is 21.4 Å². The molecule has 0 aliphatic rings. The molecule has 1 atom stereocenters. The van der Waals surface area contributed by atoms with Crippen molar-refractivity contribution in [3.8, 4) is 11.5 Å². The van der Waals surface area contributed by atoms with Gasteiger partial charge in [-0.25, -0.2) is 0 Å². The lowest BCUT2D eigenvalue weighted by Crippen LogP contribution is -2.29. The molecule has 0 aliphatic heterocycles. The number of halogens is 1. The highest BCUT2D eigenvalue weighted by Gasteiger charge is 2.14. The lowest BCUT2D eigenvalue weighted by Gasteiger charge is -2.19. The van der Waals surface area contributed by atoms with E-state index in [-0.39, 0.29) is 6.04 Å². The fourth-order valence-electron chi connectivity index (χ4n) is 2.26. The van der Waals surface area contributed by atoms with Gasteiger partial charge in [-0.05, 0) is 47.9 Å². The molecule has 0 heterocycles. The first kappa shape index (κ1) is 15.8. The number of nitrogens with two attached hydrogens (primary N) is 1. The van der Waals surface area contributed by atoms with Crippen LogP contribution in [0.1, 0.15) is 17.2 Å². The largest absolute Gasteiger partial charge is 0.497 e. The first-order valence-electron chi connectivity index (χ1n) is 6.60. The molecule has 0 saturated carbocycles. The summed E-state index contributed by atoms with van der Waals surface area (Å²) in [5, 5.41) is 0. The van der Waals surface area contributed by atoms with E-state index in [4.69, 9.17) is 15.3 Å². The van der Waals surface area contributed by atoms with Crippen LogP contribution in [0.15, 0.2) is 46.9 Å². The van der Waals surface area contributed by atoms with Crippen molar-refractivity contribution in [2.24, 2.45) is 5.84 Å². The summed E-state index contributed by atoms with van der Waals surface area (Å²) >= 11 is 3.49. The summed E-state index contributed by atoms with van der Waals surface area (Å²) in [6.07, 6.45) is 0.715. The van der Waals surface area contributed by atoms with Crippen LogP contribution < -0.4 is 20.7 Å². The quantitative estimate of drug-likeness (QED) is 0.620. The third-order valence-corrected chi connectivity index (χ3v) is 3.86. The zero-order chi connectivity index (χ0) is 15.2. The Morgan fingerprint density at radius 2 is 1.95 bits per heavy atom. The Bertz CT molecular complexity index is 605. The zero-order valence-corrected chi connectivity index (χ0v) is 13.7. The molecule has 1 unspecified atom stereocenters. The summed E-state index contributed by atoms with van der Waals surface area (Å²) in [6, 6.07) is 13.8. The predicted molar refractivity (Wildman–Crippen MR) is 87.5 cm³/mol. The zero-order valence-electron chi connectivity index (χ0n) is 12.1.